The number of hydrogen-bond donors (Lipinski definition) is 1. The molecule has 3 heterocycles. The zero-order valence-electron chi connectivity index (χ0n) is 14.3. The molecule has 1 aliphatic carbocycles. The number of para-hydroxylation sites is 1. The molecule has 4 aromatic rings. The molecule has 0 bridgehead atoms. The van der Waals surface area contributed by atoms with Crippen LogP contribution in [0.3, 0.4) is 0 Å². The Balaban J connectivity index is 1.43. The molecule has 1 amide bonds. The number of nitrogens with one attached hydrogen (secondary N) is 1. The largest absolute Gasteiger partial charge is 0.463 e. The summed E-state index contributed by atoms with van der Waals surface area (Å²) in [7, 11) is 0. The van der Waals surface area contributed by atoms with E-state index in [1.54, 1.807) is 12.5 Å². The van der Waals surface area contributed by atoms with Crippen molar-refractivity contribution in [3.05, 3.63) is 71.6 Å². The van der Waals surface area contributed by atoms with Crippen LogP contribution < -0.4 is 5.32 Å². The fraction of sp³-hybridized carbons (Fsp3) is 0.150. The van der Waals surface area contributed by atoms with Gasteiger partial charge in [0.1, 0.15) is 5.69 Å². The van der Waals surface area contributed by atoms with Gasteiger partial charge in [0.25, 0.3) is 5.91 Å². The molecule has 3 aromatic heterocycles. The third-order valence-corrected chi connectivity index (χ3v) is 5.27. The van der Waals surface area contributed by atoms with Crippen LogP contribution in [-0.4, -0.2) is 20.7 Å². The predicted molar refractivity (Wildman–Crippen MR) is 103 cm³/mol. The van der Waals surface area contributed by atoms with Crippen LogP contribution in [0.25, 0.3) is 17.1 Å². The van der Waals surface area contributed by atoms with Crippen molar-refractivity contribution in [2.24, 2.45) is 0 Å². The number of furan rings is 1. The maximum absolute atomic E-state index is 12.9. The zero-order valence-corrected chi connectivity index (χ0v) is 15.1. The van der Waals surface area contributed by atoms with Crippen molar-refractivity contribution < 1.29 is 9.21 Å². The Morgan fingerprint density at radius 2 is 2.04 bits per heavy atom. The first-order valence-electron chi connectivity index (χ1n) is 8.73. The number of aromatic nitrogens is 3. The first kappa shape index (κ1) is 16.0. The SMILES string of the molecule is O=C(Nc1nc(-c2ccco2)cs1)c1cnn(-c2ccccc2)c1C1CC1. The summed E-state index contributed by atoms with van der Waals surface area (Å²) in [5.41, 5.74) is 3.26. The maximum Gasteiger partial charge on any atom is 0.260 e. The third-order valence-electron chi connectivity index (χ3n) is 4.51. The minimum atomic E-state index is -0.181. The molecule has 1 aromatic carbocycles. The molecule has 0 saturated heterocycles. The van der Waals surface area contributed by atoms with E-state index in [0.717, 1.165) is 24.2 Å². The molecule has 0 spiro atoms. The number of thiazole rings is 1. The van der Waals surface area contributed by atoms with Crippen molar-refractivity contribution >= 4 is 22.4 Å². The van der Waals surface area contributed by atoms with Crippen LogP contribution in [0.4, 0.5) is 5.13 Å². The van der Waals surface area contributed by atoms with Crippen LogP contribution >= 0.6 is 11.3 Å². The number of rotatable bonds is 5. The summed E-state index contributed by atoms with van der Waals surface area (Å²) in [5.74, 6) is 0.880. The summed E-state index contributed by atoms with van der Waals surface area (Å²) in [6.45, 7) is 0. The lowest BCUT2D eigenvalue weighted by molar-refractivity contribution is 0.102. The van der Waals surface area contributed by atoms with Gasteiger partial charge in [0.15, 0.2) is 10.9 Å². The highest BCUT2D eigenvalue weighted by Gasteiger charge is 2.33. The molecule has 27 heavy (non-hydrogen) atoms. The second-order valence-electron chi connectivity index (χ2n) is 6.43. The van der Waals surface area contributed by atoms with Crippen molar-refractivity contribution in [1.82, 2.24) is 14.8 Å². The Labute approximate surface area is 159 Å². The first-order valence-corrected chi connectivity index (χ1v) is 9.61. The fourth-order valence-corrected chi connectivity index (χ4v) is 3.79. The van der Waals surface area contributed by atoms with Gasteiger partial charge in [0, 0.05) is 11.3 Å². The van der Waals surface area contributed by atoms with Gasteiger partial charge in [-0.3, -0.25) is 10.1 Å². The third kappa shape index (κ3) is 3.06. The first-order chi connectivity index (χ1) is 13.3. The second kappa shape index (κ2) is 6.51. The molecule has 6 nitrogen and oxygen atoms in total. The molecule has 0 atom stereocenters. The fourth-order valence-electron chi connectivity index (χ4n) is 3.09. The predicted octanol–water partition coefficient (Wildman–Crippen LogP) is 4.72. The Morgan fingerprint density at radius 1 is 1.19 bits per heavy atom. The van der Waals surface area contributed by atoms with Crippen molar-refractivity contribution in [2.45, 2.75) is 18.8 Å². The zero-order chi connectivity index (χ0) is 18.2. The summed E-state index contributed by atoms with van der Waals surface area (Å²) in [6.07, 6.45) is 5.42. The maximum atomic E-state index is 12.9. The molecule has 5 rings (SSSR count). The molecule has 1 saturated carbocycles. The Bertz CT molecular complexity index is 1080. The van der Waals surface area contributed by atoms with Gasteiger partial charge in [0.05, 0.1) is 29.4 Å². The van der Waals surface area contributed by atoms with Crippen molar-refractivity contribution in [1.29, 1.82) is 0 Å². The number of carbonyl (C=O) groups is 1. The van der Waals surface area contributed by atoms with E-state index in [1.165, 1.54) is 11.3 Å². The molecule has 1 aliphatic rings. The topological polar surface area (TPSA) is 73.0 Å². The van der Waals surface area contributed by atoms with Crippen LogP contribution in [0.15, 0.2) is 64.7 Å². The van der Waals surface area contributed by atoms with Crippen LogP contribution in [0.1, 0.15) is 34.8 Å². The highest BCUT2D eigenvalue weighted by molar-refractivity contribution is 7.14. The number of nitrogens with zero attached hydrogens (tertiary/aromatic N) is 3. The van der Waals surface area contributed by atoms with E-state index in [4.69, 9.17) is 4.42 Å². The van der Waals surface area contributed by atoms with E-state index >= 15 is 0 Å². The normalized spacial score (nSPS) is 13.6. The van der Waals surface area contributed by atoms with Gasteiger partial charge in [-0.1, -0.05) is 18.2 Å². The number of amides is 1. The van der Waals surface area contributed by atoms with Gasteiger partial charge in [0.2, 0.25) is 0 Å². The average molecular weight is 376 g/mol. The van der Waals surface area contributed by atoms with Gasteiger partial charge >= 0.3 is 0 Å². The molecule has 1 N–H and O–H groups in total. The summed E-state index contributed by atoms with van der Waals surface area (Å²) < 4.78 is 7.23. The lowest BCUT2D eigenvalue weighted by Gasteiger charge is -2.08. The molecular weight excluding hydrogens is 360 g/mol. The van der Waals surface area contributed by atoms with Crippen LogP contribution in [0.5, 0.6) is 0 Å². The molecule has 0 aliphatic heterocycles. The second-order valence-corrected chi connectivity index (χ2v) is 7.29. The van der Waals surface area contributed by atoms with E-state index in [2.05, 4.69) is 15.4 Å². The Hall–Kier alpha value is -3.19. The molecule has 134 valence electrons. The number of hydrogen-bond acceptors (Lipinski definition) is 5. The van der Waals surface area contributed by atoms with Crippen LogP contribution in [0.2, 0.25) is 0 Å². The molecular formula is C20H16N4O2S. The van der Waals surface area contributed by atoms with E-state index < -0.39 is 0 Å². The lowest BCUT2D eigenvalue weighted by Crippen LogP contribution is -2.14. The van der Waals surface area contributed by atoms with E-state index in [9.17, 15) is 4.79 Å². The minimum absolute atomic E-state index is 0.181. The summed E-state index contributed by atoms with van der Waals surface area (Å²) in [4.78, 5) is 17.3. The van der Waals surface area contributed by atoms with Gasteiger partial charge in [-0.2, -0.15) is 5.10 Å². The molecule has 1 fully saturated rings. The Morgan fingerprint density at radius 3 is 2.78 bits per heavy atom. The standard InChI is InChI=1S/C20H16N4O2S/c25-19(23-20-22-16(12-27-20)17-7-4-10-26-17)15-11-21-24(18(15)13-8-9-13)14-5-2-1-3-6-14/h1-7,10-13H,8-9H2,(H,22,23,25). The van der Waals surface area contributed by atoms with Crippen LogP contribution in [0, 0.1) is 0 Å². The number of carbonyl (C=O) groups excluding carboxylic acids is 1. The summed E-state index contributed by atoms with van der Waals surface area (Å²) in [6, 6.07) is 13.6. The number of benzene rings is 1. The summed E-state index contributed by atoms with van der Waals surface area (Å²) >= 11 is 1.37. The highest BCUT2D eigenvalue weighted by atomic mass is 32.1. The number of anilines is 1. The van der Waals surface area contributed by atoms with Gasteiger partial charge in [-0.05, 0) is 37.1 Å². The average Bonchev–Trinajstić information content (AvgIpc) is 3.11. The van der Waals surface area contributed by atoms with E-state index in [0.29, 0.717) is 28.1 Å². The molecule has 0 unspecified atom stereocenters. The smallest absolute Gasteiger partial charge is 0.260 e. The lowest BCUT2D eigenvalue weighted by atomic mass is 10.1. The van der Waals surface area contributed by atoms with Crippen molar-refractivity contribution in [3.8, 4) is 17.1 Å². The Kier molecular flexibility index (Phi) is 3.86. The van der Waals surface area contributed by atoms with Gasteiger partial charge < -0.3 is 4.42 Å². The summed E-state index contributed by atoms with van der Waals surface area (Å²) in [5, 5.41) is 9.79. The van der Waals surface area contributed by atoms with Crippen LogP contribution in [-0.2, 0) is 0 Å². The molecule has 0 radical (unpaired) electrons. The molecule has 7 heteroatoms. The highest BCUT2D eigenvalue weighted by Crippen LogP contribution is 2.42. The monoisotopic (exact) mass is 376 g/mol. The van der Waals surface area contributed by atoms with E-state index in [1.807, 2.05) is 52.5 Å². The van der Waals surface area contributed by atoms with Crippen molar-refractivity contribution in [2.75, 3.05) is 5.32 Å². The van der Waals surface area contributed by atoms with E-state index in [-0.39, 0.29) is 5.91 Å². The van der Waals surface area contributed by atoms with Crippen molar-refractivity contribution in [3.63, 3.8) is 0 Å². The quantitative estimate of drug-likeness (QED) is 0.547. The van der Waals surface area contributed by atoms with Gasteiger partial charge in [-0.25, -0.2) is 9.67 Å². The van der Waals surface area contributed by atoms with Gasteiger partial charge in [-0.15, -0.1) is 11.3 Å². The minimum Gasteiger partial charge on any atom is -0.463 e.